The molecule has 5 nitrogen and oxygen atoms in total. The lowest BCUT2D eigenvalue weighted by Crippen LogP contribution is -2.43. The number of carbonyl (C=O) groups is 1. The first kappa shape index (κ1) is 26.1. The van der Waals surface area contributed by atoms with Crippen LogP contribution in [0.3, 0.4) is 0 Å². The van der Waals surface area contributed by atoms with Gasteiger partial charge >= 0.3 is 5.97 Å². The summed E-state index contributed by atoms with van der Waals surface area (Å²) in [5.74, 6) is -2.63. The standard InChI is InChI=1S/C22H43NO4/c1-3-4-5-6-7-8-9-10-11-12-13-14-15-16-17-18-20(22(2,25)26)27-21(24)19-23/h10-11,20,25-26H,3-9,12-19,23H2,1-2H3/b11-10-. The molecule has 0 aliphatic carbocycles. The van der Waals surface area contributed by atoms with Crippen molar-refractivity contribution in [1.82, 2.24) is 0 Å². The number of hydrogen-bond acceptors (Lipinski definition) is 5. The van der Waals surface area contributed by atoms with E-state index < -0.39 is 17.9 Å². The summed E-state index contributed by atoms with van der Waals surface area (Å²) in [6.45, 7) is 3.23. The Labute approximate surface area is 166 Å². The molecule has 5 heteroatoms. The molecule has 0 aromatic carbocycles. The molecule has 0 aliphatic heterocycles. The van der Waals surface area contributed by atoms with Crippen LogP contribution < -0.4 is 5.73 Å². The van der Waals surface area contributed by atoms with E-state index >= 15 is 0 Å². The smallest absolute Gasteiger partial charge is 0.320 e. The van der Waals surface area contributed by atoms with E-state index in [1.54, 1.807) is 0 Å². The monoisotopic (exact) mass is 385 g/mol. The molecule has 0 aromatic rings. The summed E-state index contributed by atoms with van der Waals surface area (Å²) in [6, 6.07) is 0. The van der Waals surface area contributed by atoms with Crippen molar-refractivity contribution >= 4 is 5.97 Å². The number of esters is 1. The highest BCUT2D eigenvalue weighted by Crippen LogP contribution is 2.18. The number of allylic oxidation sites excluding steroid dienone is 2. The molecule has 0 saturated heterocycles. The van der Waals surface area contributed by atoms with Gasteiger partial charge in [0.05, 0.1) is 6.54 Å². The van der Waals surface area contributed by atoms with Crippen molar-refractivity contribution < 1.29 is 19.7 Å². The third kappa shape index (κ3) is 17.0. The maximum Gasteiger partial charge on any atom is 0.320 e. The Bertz CT molecular complexity index is 377. The van der Waals surface area contributed by atoms with E-state index in [4.69, 9.17) is 10.5 Å². The number of unbranched alkanes of at least 4 members (excludes halogenated alkanes) is 11. The van der Waals surface area contributed by atoms with Gasteiger partial charge in [0.2, 0.25) is 0 Å². The lowest BCUT2D eigenvalue weighted by atomic mass is 10.0. The average molecular weight is 386 g/mol. The molecular weight excluding hydrogens is 342 g/mol. The highest BCUT2D eigenvalue weighted by Gasteiger charge is 2.31. The van der Waals surface area contributed by atoms with Crippen LogP contribution in [-0.4, -0.2) is 34.6 Å². The molecule has 0 amide bonds. The normalized spacial score (nSPS) is 13.2. The Balaban J connectivity index is 3.57. The summed E-state index contributed by atoms with van der Waals surface area (Å²) in [7, 11) is 0. The van der Waals surface area contributed by atoms with Gasteiger partial charge < -0.3 is 20.7 Å². The minimum atomic E-state index is -2.02. The van der Waals surface area contributed by atoms with E-state index in [9.17, 15) is 15.0 Å². The van der Waals surface area contributed by atoms with E-state index in [0.29, 0.717) is 6.42 Å². The fourth-order valence-corrected chi connectivity index (χ4v) is 3.05. The van der Waals surface area contributed by atoms with Crippen LogP contribution >= 0.6 is 0 Å². The molecule has 0 radical (unpaired) electrons. The first-order valence-corrected chi connectivity index (χ1v) is 10.9. The number of ether oxygens (including phenoxy) is 1. The van der Waals surface area contributed by atoms with Gasteiger partial charge in [-0.2, -0.15) is 0 Å². The summed E-state index contributed by atoms with van der Waals surface area (Å²) < 4.78 is 5.01. The van der Waals surface area contributed by atoms with Gasteiger partial charge in [0, 0.05) is 0 Å². The molecule has 0 bridgehead atoms. The van der Waals surface area contributed by atoms with Crippen molar-refractivity contribution in [3.05, 3.63) is 12.2 Å². The van der Waals surface area contributed by atoms with Crippen LogP contribution in [0.1, 0.15) is 104 Å². The van der Waals surface area contributed by atoms with Crippen molar-refractivity contribution in [3.63, 3.8) is 0 Å². The Morgan fingerprint density at radius 3 is 1.89 bits per heavy atom. The van der Waals surface area contributed by atoms with Crippen LogP contribution in [0.15, 0.2) is 12.2 Å². The van der Waals surface area contributed by atoms with Gasteiger partial charge in [-0.15, -0.1) is 0 Å². The molecule has 0 heterocycles. The summed E-state index contributed by atoms with van der Waals surface area (Å²) in [6.07, 6.45) is 19.8. The molecule has 1 unspecified atom stereocenters. The van der Waals surface area contributed by atoms with Gasteiger partial charge in [-0.25, -0.2) is 0 Å². The third-order valence-corrected chi connectivity index (χ3v) is 4.78. The second kappa shape index (κ2) is 17.2. The highest BCUT2D eigenvalue weighted by atomic mass is 16.6. The number of aliphatic hydroxyl groups is 2. The van der Waals surface area contributed by atoms with Crippen LogP contribution in [0.4, 0.5) is 0 Å². The van der Waals surface area contributed by atoms with Crippen molar-refractivity contribution in [2.24, 2.45) is 5.73 Å². The van der Waals surface area contributed by atoms with Crippen molar-refractivity contribution in [2.45, 2.75) is 116 Å². The van der Waals surface area contributed by atoms with E-state index in [0.717, 1.165) is 25.7 Å². The lowest BCUT2D eigenvalue weighted by molar-refractivity contribution is -0.226. The van der Waals surface area contributed by atoms with Gasteiger partial charge in [0.1, 0.15) is 0 Å². The Morgan fingerprint density at radius 1 is 0.926 bits per heavy atom. The van der Waals surface area contributed by atoms with Crippen molar-refractivity contribution in [3.8, 4) is 0 Å². The minimum Gasteiger partial charge on any atom is -0.456 e. The predicted octanol–water partition coefficient (Wildman–Crippen LogP) is 4.60. The summed E-state index contributed by atoms with van der Waals surface area (Å²) >= 11 is 0. The Morgan fingerprint density at radius 2 is 1.41 bits per heavy atom. The minimum absolute atomic E-state index is 0.251. The topological polar surface area (TPSA) is 92.8 Å². The van der Waals surface area contributed by atoms with E-state index in [1.807, 2.05) is 0 Å². The Kier molecular flexibility index (Phi) is 16.6. The van der Waals surface area contributed by atoms with E-state index in [1.165, 1.54) is 64.7 Å². The fraction of sp³-hybridized carbons (Fsp3) is 0.864. The number of rotatable bonds is 18. The van der Waals surface area contributed by atoms with Gasteiger partial charge in [-0.05, 0) is 45.4 Å². The highest BCUT2D eigenvalue weighted by molar-refractivity contribution is 5.71. The second-order valence-electron chi connectivity index (χ2n) is 7.65. The largest absolute Gasteiger partial charge is 0.456 e. The van der Waals surface area contributed by atoms with Crippen LogP contribution in [-0.2, 0) is 9.53 Å². The van der Waals surface area contributed by atoms with Crippen LogP contribution in [0.2, 0.25) is 0 Å². The third-order valence-electron chi connectivity index (χ3n) is 4.78. The maximum atomic E-state index is 11.3. The van der Waals surface area contributed by atoms with E-state index in [-0.39, 0.29) is 6.54 Å². The molecule has 0 fully saturated rings. The zero-order valence-electron chi connectivity index (χ0n) is 17.6. The second-order valence-corrected chi connectivity index (χ2v) is 7.65. The fourth-order valence-electron chi connectivity index (χ4n) is 3.05. The van der Waals surface area contributed by atoms with E-state index in [2.05, 4.69) is 19.1 Å². The molecule has 0 aromatic heterocycles. The number of nitrogens with two attached hydrogens (primary N) is 1. The molecule has 160 valence electrons. The zero-order valence-corrected chi connectivity index (χ0v) is 17.6. The molecule has 27 heavy (non-hydrogen) atoms. The molecular formula is C22H43NO4. The van der Waals surface area contributed by atoms with Gasteiger partial charge in [-0.3, -0.25) is 4.79 Å². The summed E-state index contributed by atoms with van der Waals surface area (Å²) in [5.41, 5.74) is 5.21. The molecule has 0 spiro atoms. The van der Waals surface area contributed by atoms with Crippen LogP contribution in [0, 0.1) is 0 Å². The number of carbonyl (C=O) groups excluding carboxylic acids is 1. The van der Waals surface area contributed by atoms with Crippen LogP contribution in [0.5, 0.6) is 0 Å². The Hall–Kier alpha value is -0.910. The first-order valence-electron chi connectivity index (χ1n) is 10.9. The quantitative estimate of drug-likeness (QED) is 0.139. The lowest BCUT2D eigenvalue weighted by Gasteiger charge is -2.27. The van der Waals surface area contributed by atoms with Crippen molar-refractivity contribution in [1.29, 1.82) is 0 Å². The predicted molar refractivity (Wildman–Crippen MR) is 111 cm³/mol. The van der Waals surface area contributed by atoms with Crippen molar-refractivity contribution in [2.75, 3.05) is 6.54 Å². The maximum absolute atomic E-state index is 11.3. The number of hydrogen-bond donors (Lipinski definition) is 3. The average Bonchev–Trinajstić information content (AvgIpc) is 2.62. The van der Waals surface area contributed by atoms with Gasteiger partial charge in [0.25, 0.3) is 0 Å². The molecule has 0 aliphatic rings. The summed E-state index contributed by atoms with van der Waals surface area (Å²) in [4.78, 5) is 11.3. The molecule has 0 saturated carbocycles. The zero-order chi connectivity index (χ0) is 20.4. The van der Waals surface area contributed by atoms with Gasteiger partial charge in [-0.1, -0.05) is 70.4 Å². The molecule has 0 rings (SSSR count). The first-order chi connectivity index (χ1) is 12.9. The van der Waals surface area contributed by atoms with Gasteiger partial charge in [0.15, 0.2) is 11.9 Å². The SMILES string of the molecule is CCCCCCCC/C=C\CCCCCCCC(OC(=O)CN)C(C)(O)O. The van der Waals surface area contributed by atoms with Crippen LogP contribution in [0.25, 0.3) is 0 Å². The summed E-state index contributed by atoms with van der Waals surface area (Å²) in [5, 5.41) is 19.3. The molecule has 1 atom stereocenters. The molecule has 4 N–H and O–H groups in total.